The van der Waals surface area contributed by atoms with Gasteiger partial charge in [-0.05, 0) is 55.0 Å². The molecule has 0 aliphatic carbocycles. The lowest BCUT2D eigenvalue weighted by Gasteiger charge is -2.42. The zero-order valence-corrected chi connectivity index (χ0v) is 22.4. The first-order chi connectivity index (χ1) is 18.4. The summed E-state index contributed by atoms with van der Waals surface area (Å²) in [6, 6.07) is 12.0. The van der Waals surface area contributed by atoms with E-state index in [4.69, 9.17) is 26.5 Å². The number of rotatable bonds is 8. The smallest absolute Gasteiger partial charge is 0.290 e. The topological polar surface area (TPSA) is 121 Å². The highest BCUT2D eigenvalue weighted by Crippen LogP contribution is 2.37. The van der Waals surface area contributed by atoms with Crippen LogP contribution in [0.2, 0.25) is 5.02 Å². The maximum atomic E-state index is 10.3. The number of hydrogen-bond acceptors (Lipinski definition) is 7. The molecule has 0 bridgehead atoms. The first kappa shape index (κ1) is 27.4. The van der Waals surface area contributed by atoms with E-state index in [9.17, 15) is 5.11 Å². The number of nitrogens with zero attached hydrogens (tertiary/aromatic N) is 6. The van der Waals surface area contributed by atoms with Gasteiger partial charge in [-0.1, -0.05) is 37.6 Å². The molecule has 0 spiro atoms. The van der Waals surface area contributed by atoms with Crippen LogP contribution < -0.4 is 10.2 Å². The fraction of sp³-hybridized carbons (Fsp3) is 0.407. The fourth-order valence-corrected chi connectivity index (χ4v) is 4.91. The lowest BCUT2D eigenvalue weighted by atomic mass is 9.73. The monoisotopic (exact) mass is 539 g/mol. The van der Waals surface area contributed by atoms with Gasteiger partial charge in [0, 0.05) is 42.5 Å². The Morgan fingerprint density at radius 3 is 2.55 bits per heavy atom. The second-order valence-electron chi connectivity index (χ2n) is 9.93. The van der Waals surface area contributed by atoms with E-state index in [2.05, 4.69) is 40.3 Å². The Hall–Kier alpha value is -3.63. The van der Waals surface area contributed by atoms with Gasteiger partial charge in [-0.15, -0.1) is 5.10 Å². The molecule has 38 heavy (non-hydrogen) atoms. The molecule has 4 aromatic rings. The molecular weight excluding hydrogens is 506 g/mol. The van der Waals surface area contributed by atoms with Crippen molar-refractivity contribution < 1.29 is 15.0 Å². The third kappa shape index (κ3) is 6.25. The van der Waals surface area contributed by atoms with Gasteiger partial charge in [-0.2, -0.15) is 10.1 Å². The number of hydrogen-bond donors (Lipinski definition) is 3. The standard InChI is InChI=1S/C26H32ClN7O.CH2O2/c1-19(2)9-13-33-17-22(16-28-33)29-25-30-24-23(4-3-12-34(24)31-25)32-14-10-26(18-35,11-15-32)20-5-7-21(27)8-6-20;2-1-3/h3-8,12,16-17,19,35H,9-11,13-15,18H2,1-2H3,(H,29,31);1H,(H,2,3). The van der Waals surface area contributed by atoms with E-state index in [1.54, 1.807) is 0 Å². The van der Waals surface area contributed by atoms with Crippen molar-refractivity contribution in [1.82, 2.24) is 24.4 Å². The van der Waals surface area contributed by atoms with Crippen LogP contribution in [0.3, 0.4) is 0 Å². The second kappa shape index (κ2) is 12.3. The minimum atomic E-state index is -0.250. The predicted molar refractivity (Wildman–Crippen MR) is 148 cm³/mol. The third-order valence-corrected chi connectivity index (χ3v) is 7.24. The SMILES string of the molecule is CC(C)CCn1cc(Nc2nc3c(N4CCC(CO)(c5ccc(Cl)cc5)CC4)cccn3n2)cn1.O=CO. The number of carbonyl (C=O) groups is 1. The Labute approximate surface area is 226 Å². The van der Waals surface area contributed by atoms with Crippen LogP contribution in [0.15, 0.2) is 55.0 Å². The minimum absolute atomic E-state index is 0.122. The van der Waals surface area contributed by atoms with E-state index in [0.717, 1.165) is 61.5 Å². The van der Waals surface area contributed by atoms with Gasteiger partial charge >= 0.3 is 0 Å². The summed E-state index contributed by atoms with van der Waals surface area (Å²) in [5, 5.41) is 30.3. The number of aliphatic hydroxyl groups excluding tert-OH is 1. The molecular formula is C27H34ClN7O3. The van der Waals surface area contributed by atoms with Crippen LogP contribution >= 0.6 is 11.6 Å². The summed E-state index contributed by atoms with van der Waals surface area (Å²) in [5.41, 5.74) is 3.63. The number of benzene rings is 1. The highest BCUT2D eigenvalue weighted by molar-refractivity contribution is 6.30. The van der Waals surface area contributed by atoms with E-state index < -0.39 is 0 Å². The quantitative estimate of drug-likeness (QED) is 0.278. The van der Waals surface area contributed by atoms with Crippen molar-refractivity contribution in [1.29, 1.82) is 0 Å². The van der Waals surface area contributed by atoms with Crippen LogP contribution in [-0.4, -0.2) is 60.8 Å². The molecule has 1 aliphatic heterocycles. The van der Waals surface area contributed by atoms with Gasteiger partial charge in [0.25, 0.3) is 6.47 Å². The van der Waals surface area contributed by atoms with Gasteiger partial charge in [-0.25, -0.2) is 4.52 Å². The number of anilines is 3. The Morgan fingerprint density at radius 2 is 1.89 bits per heavy atom. The lowest BCUT2D eigenvalue weighted by molar-refractivity contribution is -0.122. The average molecular weight is 540 g/mol. The van der Waals surface area contributed by atoms with Gasteiger partial charge in [0.05, 0.1) is 24.2 Å². The minimum Gasteiger partial charge on any atom is -0.483 e. The Bertz CT molecular complexity index is 1330. The van der Waals surface area contributed by atoms with Crippen molar-refractivity contribution in [2.75, 3.05) is 29.9 Å². The van der Waals surface area contributed by atoms with E-state index in [1.807, 2.05) is 58.1 Å². The van der Waals surface area contributed by atoms with Crippen LogP contribution in [0.4, 0.5) is 17.3 Å². The second-order valence-corrected chi connectivity index (χ2v) is 10.4. The molecule has 0 saturated carbocycles. The van der Waals surface area contributed by atoms with Crippen molar-refractivity contribution >= 4 is 41.0 Å². The Balaban J connectivity index is 0.00000107. The van der Waals surface area contributed by atoms with Crippen LogP contribution in [-0.2, 0) is 16.8 Å². The van der Waals surface area contributed by atoms with Crippen LogP contribution in [0.1, 0.15) is 38.7 Å². The Morgan fingerprint density at radius 1 is 1.18 bits per heavy atom. The predicted octanol–water partition coefficient (Wildman–Crippen LogP) is 4.60. The number of pyridine rings is 1. The average Bonchev–Trinajstić information content (AvgIpc) is 3.55. The largest absolute Gasteiger partial charge is 0.483 e. The van der Waals surface area contributed by atoms with Crippen molar-refractivity contribution in [2.45, 2.75) is 45.1 Å². The molecule has 10 nitrogen and oxygen atoms in total. The van der Waals surface area contributed by atoms with Crippen molar-refractivity contribution in [2.24, 2.45) is 5.92 Å². The molecule has 0 radical (unpaired) electrons. The third-order valence-electron chi connectivity index (χ3n) is 6.99. The van der Waals surface area contributed by atoms with Crippen molar-refractivity contribution in [3.63, 3.8) is 0 Å². The number of aromatic nitrogens is 5. The maximum absolute atomic E-state index is 10.3. The van der Waals surface area contributed by atoms with Gasteiger partial charge in [-0.3, -0.25) is 9.48 Å². The first-order valence-corrected chi connectivity index (χ1v) is 13.1. The maximum Gasteiger partial charge on any atom is 0.290 e. The number of carboxylic acid groups (broad SMARTS) is 1. The van der Waals surface area contributed by atoms with Gasteiger partial charge in [0.15, 0.2) is 5.65 Å². The lowest BCUT2D eigenvalue weighted by Crippen LogP contribution is -2.45. The summed E-state index contributed by atoms with van der Waals surface area (Å²) < 4.78 is 3.76. The van der Waals surface area contributed by atoms with Gasteiger partial charge < -0.3 is 20.4 Å². The molecule has 0 amide bonds. The van der Waals surface area contributed by atoms with Crippen LogP contribution in [0.25, 0.3) is 5.65 Å². The molecule has 3 aromatic heterocycles. The summed E-state index contributed by atoms with van der Waals surface area (Å²) >= 11 is 6.08. The normalized spacial score (nSPS) is 14.8. The van der Waals surface area contributed by atoms with Crippen LogP contribution in [0.5, 0.6) is 0 Å². The molecule has 1 saturated heterocycles. The molecule has 1 aliphatic rings. The fourth-order valence-electron chi connectivity index (χ4n) is 4.78. The van der Waals surface area contributed by atoms with E-state index in [-0.39, 0.29) is 18.5 Å². The van der Waals surface area contributed by atoms with Crippen LogP contribution in [0, 0.1) is 5.92 Å². The van der Waals surface area contributed by atoms with Crippen molar-refractivity contribution in [3.8, 4) is 0 Å². The molecule has 11 heteroatoms. The number of halogens is 1. The highest BCUT2D eigenvalue weighted by atomic mass is 35.5. The summed E-state index contributed by atoms with van der Waals surface area (Å²) in [7, 11) is 0. The van der Waals surface area contributed by atoms with E-state index in [0.29, 0.717) is 16.9 Å². The summed E-state index contributed by atoms with van der Waals surface area (Å²) in [4.78, 5) is 15.5. The zero-order valence-electron chi connectivity index (χ0n) is 21.7. The molecule has 4 heterocycles. The number of aryl methyl sites for hydroxylation is 1. The summed E-state index contributed by atoms with van der Waals surface area (Å²) in [5.74, 6) is 1.18. The van der Waals surface area contributed by atoms with E-state index in [1.165, 1.54) is 0 Å². The number of piperidine rings is 1. The molecule has 1 fully saturated rings. The number of aliphatic hydroxyl groups is 1. The first-order valence-electron chi connectivity index (χ1n) is 12.7. The molecule has 202 valence electrons. The number of nitrogens with one attached hydrogen (secondary N) is 1. The zero-order chi connectivity index (χ0) is 27.1. The molecule has 5 rings (SSSR count). The van der Waals surface area contributed by atoms with Gasteiger partial charge in [0.2, 0.25) is 5.95 Å². The molecule has 3 N–H and O–H groups in total. The van der Waals surface area contributed by atoms with E-state index >= 15 is 0 Å². The molecule has 0 unspecified atom stereocenters. The van der Waals surface area contributed by atoms with Gasteiger partial charge in [0.1, 0.15) is 0 Å². The summed E-state index contributed by atoms with van der Waals surface area (Å²) in [6.45, 7) is 6.83. The molecule has 1 aromatic carbocycles. The molecule has 0 atom stereocenters. The number of fused-ring (bicyclic) bond motifs is 1. The highest BCUT2D eigenvalue weighted by Gasteiger charge is 2.36. The van der Waals surface area contributed by atoms with Crippen molar-refractivity contribution in [3.05, 3.63) is 65.6 Å². The summed E-state index contributed by atoms with van der Waals surface area (Å²) in [6.07, 6.45) is 8.50. The Kier molecular flexibility index (Phi) is 8.85.